The molecule has 8 nitrogen and oxygen atoms in total. The molecule has 2 aliphatic heterocycles. The molecule has 0 aliphatic carbocycles. The van der Waals surface area contributed by atoms with Crippen molar-refractivity contribution in [1.82, 2.24) is 14.3 Å². The molecule has 0 radical (unpaired) electrons. The van der Waals surface area contributed by atoms with Crippen LogP contribution in [0, 0.1) is 0 Å². The number of anilines is 1. The van der Waals surface area contributed by atoms with Crippen LogP contribution in [0.2, 0.25) is 0 Å². The minimum Gasteiger partial charge on any atom is -0.480 e. The fourth-order valence-corrected chi connectivity index (χ4v) is 5.57. The van der Waals surface area contributed by atoms with Crippen molar-refractivity contribution in [2.24, 2.45) is 0 Å². The molecule has 0 spiro atoms. The molecule has 4 heterocycles. The molecule has 1 aromatic carbocycles. The van der Waals surface area contributed by atoms with Gasteiger partial charge in [-0.1, -0.05) is 6.07 Å². The molecule has 9 heteroatoms. The zero-order valence-electron chi connectivity index (χ0n) is 15.6. The van der Waals surface area contributed by atoms with Crippen LogP contribution in [0.15, 0.2) is 47.6 Å². The summed E-state index contributed by atoms with van der Waals surface area (Å²) in [6, 6.07) is 8.51. The summed E-state index contributed by atoms with van der Waals surface area (Å²) in [4.78, 5) is 16.1. The number of nitrogens with zero attached hydrogens (tertiary/aromatic N) is 2. The molecule has 3 aromatic rings. The number of pyridine rings is 1. The Morgan fingerprint density at radius 3 is 2.97 bits per heavy atom. The fourth-order valence-electron chi connectivity index (χ4n) is 4.04. The number of para-hydroxylation sites is 1. The first-order valence-electron chi connectivity index (χ1n) is 9.53. The Hall–Kier alpha value is -2.91. The van der Waals surface area contributed by atoms with Gasteiger partial charge in [-0.2, -0.15) is 0 Å². The number of fused-ring (bicyclic) bond motifs is 2. The van der Waals surface area contributed by atoms with Crippen LogP contribution < -0.4 is 15.4 Å². The standard InChI is InChI=1S/C20H20N4O4S/c25-18-12-28-20-15(23-18)5-1-7-17(20)29(26,27)24-11-13(10-14-4-2-8-21-14)19-16(24)6-3-9-22-19/h1,3,5-7,9,11,14,21H,2,4,8,10,12H2,(H,23,25). The molecule has 2 N–H and O–H groups in total. The largest absolute Gasteiger partial charge is 0.480 e. The van der Waals surface area contributed by atoms with Crippen LogP contribution in [0.1, 0.15) is 18.4 Å². The number of amides is 1. The van der Waals surface area contributed by atoms with Crippen molar-refractivity contribution in [3.8, 4) is 5.75 Å². The van der Waals surface area contributed by atoms with Crippen molar-refractivity contribution in [2.45, 2.75) is 30.2 Å². The van der Waals surface area contributed by atoms with Crippen LogP contribution in [0.5, 0.6) is 5.75 Å². The summed E-state index contributed by atoms with van der Waals surface area (Å²) in [7, 11) is -3.96. The van der Waals surface area contributed by atoms with Crippen molar-refractivity contribution in [1.29, 1.82) is 0 Å². The highest BCUT2D eigenvalue weighted by atomic mass is 32.2. The molecule has 1 fully saturated rings. The van der Waals surface area contributed by atoms with Gasteiger partial charge in [-0.15, -0.1) is 0 Å². The maximum atomic E-state index is 13.6. The van der Waals surface area contributed by atoms with Crippen LogP contribution >= 0.6 is 0 Å². The van der Waals surface area contributed by atoms with Crippen molar-refractivity contribution in [3.05, 3.63) is 48.3 Å². The normalized spacial score (nSPS) is 19.0. The molecular formula is C20H20N4O4S. The van der Waals surface area contributed by atoms with Crippen molar-refractivity contribution < 1.29 is 17.9 Å². The highest BCUT2D eigenvalue weighted by Crippen LogP contribution is 2.37. The molecular weight excluding hydrogens is 392 g/mol. The minimum atomic E-state index is -3.96. The summed E-state index contributed by atoms with van der Waals surface area (Å²) in [5.74, 6) is -0.147. The van der Waals surface area contributed by atoms with E-state index in [2.05, 4.69) is 15.6 Å². The van der Waals surface area contributed by atoms with Crippen LogP contribution in [-0.2, 0) is 21.2 Å². The maximum absolute atomic E-state index is 13.6. The minimum absolute atomic E-state index is 0.0151. The first-order chi connectivity index (χ1) is 14.0. The van der Waals surface area contributed by atoms with Gasteiger partial charge in [-0.05, 0) is 55.6 Å². The molecule has 1 saturated heterocycles. The number of ether oxygens (including phenoxy) is 1. The maximum Gasteiger partial charge on any atom is 0.271 e. The van der Waals surface area contributed by atoms with Crippen LogP contribution in [0.4, 0.5) is 5.69 Å². The molecule has 1 amide bonds. The molecule has 0 bridgehead atoms. The van der Waals surface area contributed by atoms with Crippen LogP contribution in [0.3, 0.4) is 0 Å². The Kier molecular flexibility index (Phi) is 4.29. The second-order valence-electron chi connectivity index (χ2n) is 7.29. The van der Waals surface area contributed by atoms with Gasteiger partial charge in [0.25, 0.3) is 15.9 Å². The van der Waals surface area contributed by atoms with E-state index >= 15 is 0 Å². The third kappa shape index (κ3) is 3.06. The number of hydrogen-bond acceptors (Lipinski definition) is 6. The van der Waals surface area contributed by atoms with E-state index < -0.39 is 10.0 Å². The molecule has 1 unspecified atom stereocenters. The van der Waals surface area contributed by atoms with Gasteiger partial charge in [0.1, 0.15) is 4.90 Å². The van der Waals surface area contributed by atoms with E-state index in [1.807, 2.05) is 0 Å². The highest BCUT2D eigenvalue weighted by Gasteiger charge is 2.30. The van der Waals surface area contributed by atoms with E-state index in [0.29, 0.717) is 22.8 Å². The lowest BCUT2D eigenvalue weighted by atomic mass is 10.1. The second kappa shape index (κ2) is 6.85. The van der Waals surface area contributed by atoms with Gasteiger partial charge in [0.2, 0.25) is 0 Å². The Labute approximate surface area is 167 Å². The lowest BCUT2D eigenvalue weighted by molar-refractivity contribution is -0.118. The Morgan fingerprint density at radius 2 is 2.14 bits per heavy atom. The van der Waals surface area contributed by atoms with E-state index in [1.165, 1.54) is 10.0 Å². The topological polar surface area (TPSA) is 102 Å². The van der Waals surface area contributed by atoms with E-state index in [0.717, 1.165) is 31.4 Å². The highest BCUT2D eigenvalue weighted by molar-refractivity contribution is 7.90. The third-order valence-electron chi connectivity index (χ3n) is 5.37. The molecule has 2 aliphatic rings. The fraction of sp³-hybridized carbons (Fsp3) is 0.300. The average Bonchev–Trinajstić information content (AvgIpc) is 3.36. The van der Waals surface area contributed by atoms with Gasteiger partial charge >= 0.3 is 0 Å². The smallest absolute Gasteiger partial charge is 0.271 e. The summed E-state index contributed by atoms with van der Waals surface area (Å²) in [5, 5.41) is 6.10. The summed E-state index contributed by atoms with van der Waals surface area (Å²) in [5.41, 5.74) is 2.46. The van der Waals surface area contributed by atoms with Gasteiger partial charge in [0.05, 0.1) is 16.7 Å². The number of rotatable bonds is 4. The second-order valence-corrected chi connectivity index (χ2v) is 9.08. The van der Waals surface area contributed by atoms with Gasteiger partial charge in [-0.25, -0.2) is 12.4 Å². The van der Waals surface area contributed by atoms with Crippen LogP contribution in [0.25, 0.3) is 11.0 Å². The van der Waals surface area contributed by atoms with E-state index in [1.54, 1.807) is 36.7 Å². The number of carbonyl (C=O) groups is 1. The zero-order valence-corrected chi connectivity index (χ0v) is 16.4. The lowest BCUT2D eigenvalue weighted by Gasteiger charge is -2.20. The number of carbonyl (C=O) groups excluding carboxylic acids is 1. The molecule has 5 rings (SSSR count). The molecule has 1 atom stereocenters. The number of benzene rings is 1. The Balaban J connectivity index is 1.64. The summed E-state index contributed by atoms with van der Waals surface area (Å²) in [6.07, 6.45) is 6.23. The molecule has 2 aromatic heterocycles. The third-order valence-corrected chi connectivity index (χ3v) is 7.06. The Bertz CT molecular complexity index is 1210. The lowest BCUT2D eigenvalue weighted by Crippen LogP contribution is -2.27. The quantitative estimate of drug-likeness (QED) is 0.679. The summed E-state index contributed by atoms with van der Waals surface area (Å²) in [6.45, 7) is 0.764. The average molecular weight is 412 g/mol. The van der Waals surface area contributed by atoms with E-state index in [-0.39, 0.29) is 23.2 Å². The number of nitrogens with one attached hydrogen (secondary N) is 2. The van der Waals surface area contributed by atoms with E-state index in [4.69, 9.17) is 4.74 Å². The molecule has 150 valence electrons. The predicted molar refractivity (Wildman–Crippen MR) is 108 cm³/mol. The van der Waals surface area contributed by atoms with Gasteiger partial charge in [0.15, 0.2) is 12.4 Å². The number of aromatic nitrogens is 2. The first kappa shape index (κ1) is 18.1. The predicted octanol–water partition coefficient (Wildman–Crippen LogP) is 1.90. The van der Waals surface area contributed by atoms with E-state index in [9.17, 15) is 13.2 Å². The van der Waals surface area contributed by atoms with Gasteiger partial charge in [0, 0.05) is 18.4 Å². The molecule has 29 heavy (non-hydrogen) atoms. The summed E-state index contributed by atoms with van der Waals surface area (Å²) >= 11 is 0. The van der Waals surface area contributed by atoms with Crippen molar-refractivity contribution in [3.63, 3.8) is 0 Å². The SMILES string of the molecule is O=C1COc2c(cccc2S(=O)(=O)n2cc(CC3CCCN3)c3ncccc32)N1. The van der Waals surface area contributed by atoms with Gasteiger partial charge in [-0.3, -0.25) is 9.78 Å². The van der Waals surface area contributed by atoms with Gasteiger partial charge < -0.3 is 15.4 Å². The number of hydrogen-bond donors (Lipinski definition) is 2. The molecule has 0 saturated carbocycles. The van der Waals surface area contributed by atoms with Crippen molar-refractivity contribution in [2.75, 3.05) is 18.5 Å². The zero-order chi connectivity index (χ0) is 20.0. The van der Waals surface area contributed by atoms with Crippen LogP contribution in [-0.4, -0.2) is 42.5 Å². The monoisotopic (exact) mass is 412 g/mol. The first-order valence-corrected chi connectivity index (χ1v) is 11.0. The summed E-state index contributed by atoms with van der Waals surface area (Å²) < 4.78 is 33.9. The van der Waals surface area contributed by atoms with Crippen molar-refractivity contribution >= 4 is 32.7 Å². The Morgan fingerprint density at radius 1 is 1.24 bits per heavy atom.